The normalized spacial score (nSPS) is 11.8. The average molecular weight is 630 g/mol. The molecule has 0 unspecified atom stereocenters. The highest BCUT2D eigenvalue weighted by Crippen LogP contribution is 2.46. The van der Waals surface area contributed by atoms with E-state index in [1.807, 2.05) is 73.7 Å². The number of hydrogen-bond acceptors (Lipinski definition) is 2. The molecule has 0 saturated heterocycles. The van der Waals surface area contributed by atoms with Gasteiger partial charge in [-0.2, -0.15) is 13.2 Å². The molecule has 0 saturated carbocycles. The van der Waals surface area contributed by atoms with Gasteiger partial charge in [-0.1, -0.05) is 134 Å². The highest BCUT2D eigenvalue weighted by atomic mass is 35.5. The molecule has 2 N–H and O–H groups in total. The maximum Gasteiger partial charge on any atom is 0.416 e. The molecule has 0 aliphatic carbocycles. The van der Waals surface area contributed by atoms with Gasteiger partial charge < -0.3 is 10.4 Å². The van der Waals surface area contributed by atoms with Gasteiger partial charge in [0.1, 0.15) is 10.7 Å². The summed E-state index contributed by atoms with van der Waals surface area (Å²) in [5.41, 5.74) is 2.96. The second-order valence-corrected chi connectivity index (χ2v) is 11.4. The number of hydrogen-bond donors (Lipinski definition) is 2. The smallest absolute Gasteiger partial charge is 0.416 e. The third-order valence-electron chi connectivity index (χ3n) is 7.83. The minimum atomic E-state index is -4.59. The minimum absolute atomic E-state index is 0.0542. The fourth-order valence-corrected chi connectivity index (χ4v) is 6.19. The molecule has 0 fully saturated rings. The summed E-state index contributed by atoms with van der Waals surface area (Å²) in [6.07, 6.45) is -2.88. The molecule has 0 amide bonds. The van der Waals surface area contributed by atoms with Gasteiger partial charge in [-0.25, -0.2) is 0 Å². The highest BCUT2D eigenvalue weighted by Gasteiger charge is 2.38. The minimum Gasteiger partial charge on any atom is -0.507 e. The second kappa shape index (κ2) is 13.2. The van der Waals surface area contributed by atoms with Crippen LogP contribution in [0.1, 0.15) is 58.7 Å². The van der Waals surface area contributed by atoms with Crippen LogP contribution in [0.4, 0.5) is 18.9 Å². The summed E-state index contributed by atoms with van der Waals surface area (Å²) in [5.74, 6) is -0.257. The second-order valence-electron chi connectivity index (χ2n) is 10.6. The van der Waals surface area contributed by atoms with Crippen LogP contribution in [-0.4, -0.2) is 10.1 Å². The Morgan fingerprint density at radius 3 is 1.70 bits per heavy atom. The summed E-state index contributed by atoms with van der Waals surface area (Å²) in [7, 11) is 0. The Kier molecular flexibility index (Phi) is 9.42. The lowest BCUT2D eigenvalue weighted by atomic mass is 9.65. The number of rotatable bonds is 9. The Labute approximate surface area is 266 Å². The molecule has 44 heavy (non-hydrogen) atoms. The number of aromatic hydroxyl groups is 1. The van der Waals surface area contributed by atoms with Crippen LogP contribution in [0.3, 0.4) is 0 Å². The predicted molar refractivity (Wildman–Crippen MR) is 177 cm³/mol. The number of benzene rings is 5. The van der Waals surface area contributed by atoms with E-state index in [4.69, 9.17) is 23.8 Å². The van der Waals surface area contributed by atoms with E-state index in [0.717, 1.165) is 40.8 Å². The summed E-state index contributed by atoms with van der Waals surface area (Å²) in [6.45, 7) is 1.94. The van der Waals surface area contributed by atoms with Crippen molar-refractivity contribution < 1.29 is 18.3 Å². The zero-order valence-corrected chi connectivity index (χ0v) is 25.6. The predicted octanol–water partition coefficient (Wildman–Crippen LogP) is 10.6. The van der Waals surface area contributed by atoms with Crippen molar-refractivity contribution in [3.05, 3.63) is 165 Å². The molecule has 5 aromatic rings. The number of phenolic OH excluding ortho intramolecular Hbond substituents is 1. The van der Waals surface area contributed by atoms with E-state index in [2.05, 4.69) is 41.7 Å². The van der Waals surface area contributed by atoms with Crippen molar-refractivity contribution in [2.45, 2.75) is 37.8 Å². The summed E-state index contributed by atoms with van der Waals surface area (Å²) in [5, 5.41) is 14.3. The molecule has 0 spiro atoms. The first-order valence-corrected chi connectivity index (χ1v) is 15.2. The first-order valence-electron chi connectivity index (χ1n) is 14.4. The van der Waals surface area contributed by atoms with Gasteiger partial charge in [-0.15, -0.1) is 0 Å². The van der Waals surface area contributed by atoms with Crippen molar-refractivity contribution in [2.75, 3.05) is 5.32 Å². The Bertz CT molecular complexity index is 1650. The molecule has 0 aliphatic rings. The van der Waals surface area contributed by atoms with Gasteiger partial charge in [-0.3, -0.25) is 0 Å². The molecule has 224 valence electrons. The number of halogens is 4. The topological polar surface area (TPSA) is 32.3 Å². The Morgan fingerprint density at radius 1 is 0.727 bits per heavy atom. The lowest BCUT2D eigenvalue weighted by Gasteiger charge is -2.37. The standard InChI is InChI=1S/C37H31ClF3NOS/c1-2-3-13-25-22-30(37(39,40)41)23-31(34(25)43)35(44)42-33-21-20-29(24-32(33)38)36(26-14-7-4-8-15-26,27-16-9-5-10-17-27)28-18-11-6-12-19-28/h4-12,14-24,43H,2-3,13H2,1H3,(H,42,44). The quantitative estimate of drug-likeness (QED) is 0.126. The van der Waals surface area contributed by atoms with Gasteiger partial charge in [0.25, 0.3) is 0 Å². The summed E-state index contributed by atoms with van der Waals surface area (Å²) >= 11 is 12.5. The Balaban J connectivity index is 1.60. The maximum absolute atomic E-state index is 13.8. The van der Waals surface area contributed by atoms with Gasteiger partial charge in [0.2, 0.25) is 0 Å². The van der Waals surface area contributed by atoms with Gasteiger partial charge >= 0.3 is 6.18 Å². The highest BCUT2D eigenvalue weighted by molar-refractivity contribution is 7.81. The van der Waals surface area contributed by atoms with Crippen LogP contribution in [0.5, 0.6) is 5.75 Å². The van der Waals surface area contributed by atoms with E-state index >= 15 is 0 Å². The van der Waals surface area contributed by atoms with Gasteiger partial charge in [0, 0.05) is 0 Å². The maximum atomic E-state index is 13.8. The van der Waals surface area contributed by atoms with Gasteiger partial charge in [-0.05, 0) is 64.9 Å². The molecule has 7 heteroatoms. The van der Waals surface area contributed by atoms with Crippen molar-refractivity contribution in [3.63, 3.8) is 0 Å². The molecular weight excluding hydrogens is 599 g/mol. The first kappa shape index (κ1) is 31.3. The molecule has 5 aromatic carbocycles. The van der Waals surface area contributed by atoms with Crippen LogP contribution >= 0.6 is 23.8 Å². The number of nitrogens with one attached hydrogen (secondary N) is 1. The number of unbranched alkanes of at least 4 members (excludes halogenated alkanes) is 1. The lowest BCUT2D eigenvalue weighted by Crippen LogP contribution is -2.31. The van der Waals surface area contributed by atoms with Gasteiger partial charge in [0.05, 0.1) is 27.3 Å². The molecular formula is C37H31ClF3NOS. The third kappa shape index (κ3) is 6.23. The van der Waals surface area contributed by atoms with E-state index in [9.17, 15) is 18.3 Å². The lowest BCUT2D eigenvalue weighted by molar-refractivity contribution is -0.137. The van der Waals surface area contributed by atoms with Gasteiger partial charge in [0.15, 0.2) is 0 Å². The van der Waals surface area contributed by atoms with Crippen LogP contribution in [0.2, 0.25) is 5.02 Å². The third-order valence-corrected chi connectivity index (χ3v) is 8.47. The molecule has 0 aromatic heterocycles. The van der Waals surface area contributed by atoms with Crippen molar-refractivity contribution in [2.24, 2.45) is 0 Å². The van der Waals surface area contributed by atoms with Crippen molar-refractivity contribution in [3.8, 4) is 5.75 Å². The number of aryl methyl sites for hydroxylation is 1. The molecule has 0 radical (unpaired) electrons. The van der Waals surface area contributed by atoms with E-state index in [0.29, 0.717) is 23.6 Å². The molecule has 2 nitrogen and oxygen atoms in total. The van der Waals surface area contributed by atoms with E-state index < -0.39 is 17.2 Å². The van der Waals surface area contributed by atoms with E-state index in [1.54, 1.807) is 6.07 Å². The molecule has 0 atom stereocenters. The van der Waals surface area contributed by atoms with Crippen molar-refractivity contribution in [1.82, 2.24) is 0 Å². The fourth-order valence-electron chi connectivity index (χ4n) is 5.69. The first-order chi connectivity index (χ1) is 21.2. The number of phenols is 1. The zero-order valence-electron chi connectivity index (χ0n) is 24.0. The Hall–Kier alpha value is -4.13. The van der Waals surface area contributed by atoms with Crippen LogP contribution < -0.4 is 5.32 Å². The van der Waals surface area contributed by atoms with E-state index in [-0.39, 0.29) is 21.9 Å². The van der Waals surface area contributed by atoms with Crippen LogP contribution in [-0.2, 0) is 18.0 Å². The van der Waals surface area contributed by atoms with Crippen LogP contribution in [0.25, 0.3) is 0 Å². The number of thiocarbonyl (C=S) groups is 1. The van der Waals surface area contributed by atoms with Crippen molar-refractivity contribution in [1.29, 1.82) is 0 Å². The molecule has 0 heterocycles. The average Bonchev–Trinajstić information content (AvgIpc) is 3.03. The van der Waals surface area contributed by atoms with E-state index in [1.165, 1.54) is 0 Å². The monoisotopic (exact) mass is 629 g/mol. The SMILES string of the molecule is CCCCc1cc(C(F)(F)F)cc(C(=S)Nc2ccc(C(c3ccccc3)(c3ccccc3)c3ccccc3)cc2Cl)c1O. The van der Waals surface area contributed by atoms with Crippen LogP contribution in [0, 0.1) is 0 Å². The van der Waals surface area contributed by atoms with Crippen molar-refractivity contribution >= 4 is 34.5 Å². The molecule has 0 aliphatic heterocycles. The Morgan fingerprint density at radius 2 is 1.25 bits per heavy atom. The number of anilines is 1. The fraction of sp³-hybridized carbons (Fsp3) is 0.162. The van der Waals surface area contributed by atoms with Crippen LogP contribution in [0.15, 0.2) is 121 Å². The summed E-state index contributed by atoms with van der Waals surface area (Å²) in [4.78, 5) is -0.0542. The zero-order chi connectivity index (χ0) is 31.3. The number of alkyl halides is 3. The largest absolute Gasteiger partial charge is 0.507 e. The molecule has 0 bridgehead atoms. The summed E-state index contributed by atoms with van der Waals surface area (Å²) in [6, 6.07) is 37.9. The molecule has 5 rings (SSSR count). The summed E-state index contributed by atoms with van der Waals surface area (Å²) < 4.78 is 41.3.